The second-order valence-electron chi connectivity index (χ2n) is 8.71. The van der Waals surface area contributed by atoms with Crippen molar-refractivity contribution in [3.63, 3.8) is 0 Å². The van der Waals surface area contributed by atoms with Crippen LogP contribution < -0.4 is 10.1 Å². The van der Waals surface area contributed by atoms with Crippen LogP contribution in [0.4, 0.5) is 5.69 Å². The summed E-state index contributed by atoms with van der Waals surface area (Å²) in [5.41, 5.74) is 1.45. The van der Waals surface area contributed by atoms with Gasteiger partial charge >= 0.3 is 0 Å². The SMILES string of the molecule is COc1ccc(C)cc1NC(=O)C1CN(S(=O)(=O)C2CC2)CC12CCCCC2. The molecule has 1 spiro atoms. The van der Waals surface area contributed by atoms with Gasteiger partial charge in [0.15, 0.2) is 0 Å². The van der Waals surface area contributed by atoms with Gasteiger partial charge in [0.2, 0.25) is 15.9 Å². The van der Waals surface area contributed by atoms with Gasteiger partial charge < -0.3 is 10.1 Å². The first-order valence-electron chi connectivity index (χ1n) is 10.3. The normalized spacial score (nSPS) is 25.0. The molecule has 4 rings (SSSR count). The quantitative estimate of drug-likeness (QED) is 0.814. The van der Waals surface area contributed by atoms with E-state index in [0.717, 1.165) is 50.5 Å². The molecule has 154 valence electrons. The van der Waals surface area contributed by atoms with E-state index >= 15 is 0 Å². The van der Waals surface area contributed by atoms with Crippen LogP contribution in [0.15, 0.2) is 18.2 Å². The predicted octanol–water partition coefficient (Wildman–Crippen LogP) is 3.32. The second-order valence-corrected chi connectivity index (χ2v) is 10.9. The van der Waals surface area contributed by atoms with Crippen LogP contribution in [0.25, 0.3) is 0 Å². The van der Waals surface area contributed by atoms with Crippen molar-refractivity contribution < 1.29 is 17.9 Å². The zero-order valence-electron chi connectivity index (χ0n) is 16.7. The van der Waals surface area contributed by atoms with Crippen LogP contribution in [0.3, 0.4) is 0 Å². The summed E-state index contributed by atoms with van der Waals surface area (Å²) in [6, 6.07) is 5.69. The predicted molar refractivity (Wildman–Crippen MR) is 109 cm³/mol. The molecule has 1 saturated heterocycles. The van der Waals surface area contributed by atoms with Crippen molar-refractivity contribution in [2.24, 2.45) is 11.3 Å². The molecule has 6 nitrogen and oxygen atoms in total. The fourth-order valence-electron chi connectivity index (χ4n) is 4.96. The summed E-state index contributed by atoms with van der Waals surface area (Å²) in [5.74, 6) is 0.225. The van der Waals surface area contributed by atoms with Crippen molar-refractivity contribution in [1.29, 1.82) is 0 Å². The Morgan fingerprint density at radius 3 is 2.57 bits per heavy atom. The van der Waals surface area contributed by atoms with Crippen molar-refractivity contribution in [2.75, 3.05) is 25.5 Å². The van der Waals surface area contributed by atoms with Gasteiger partial charge in [-0.1, -0.05) is 25.3 Å². The number of methoxy groups -OCH3 is 1. The summed E-state index contributed by atoms with van der Waals surface area (Å²) in [6.45, 7) is 2.77. The number of sulfonamides is 1. The molecule has 1 aliphatic heterocycles. The third-order valence-electron chi connectivity index (χ3n) is 6.70. The first kappa shape index (κ1) is 19.7. The molecule has 1 aromatic carbocycles. The molecule has 28 heavy (non-hydrogen) atoms. The van der Waals surface area contributed by atoms with Crippen molar-refractivity contribution in [3.8, 4) is 5.75 Å². The highest BCUT2D eigenvalue weighted by Gasteiger charge is 2.55. The van der Waals surface area contributed by atoms with E-state index in [-0.39, 0.29) is 22.5 Å². The van der Waals surface area contributed by atoms with Gasteiger partial charge in [-0.2, -0.15) is 0 Å². The average Bonchev–Trinajstić information content (AvgIpc) is 3.46. The lowest BCUT2D eigenvalue weighted by Crippen LogP contribution is -2.39. The Hall–Kier alpha value is -1.60. The molecule has 2 aliphatic carbocycles. The largest absolute Gasteiger partial charge is 0.495 e. The number of hydrogen-bond acceptors (Lipinski definition) is 4. The van der Waals surface area contributed by atoms with E-state index in [0.29, 0.717) is 24.5 Å². The summed E-state index contributed by atoms with van der Waals surface area (Å²) >= 11 is 0. The summed E-state index contributed by atoms with van der Waals surface area (Å²) in [5, 5.41) is 2.82. The molecular formula is C21H30N2O4S. The highest BCUT2D eigenvalue weighted by atomic mass is 32.2. The van der Waals surface area contributed by atoms with Crippen LogP contribution in [0, 0.1) is 18.3 Å². The molecule has 0 radical (unpaired) electrons. The molecule has 1 aromatic rings. The minimum Gasteiger partial charge on any atom is -0.495 e. The maximum atomic E-state index is 13.3. The summed E-state index contributed by atoms with van der Waals surface area (Å²) in [4.78, 5) is 13.3. The maximum Gasteiger partial charge on any atom is 0.229 e. The first-order valence-corrected chi connectivity index (χ1v) is 11.8. The molecule has 3 aliphatic rings. The van der Waals surface area contributed by atoms with Crippen molar-refractivity contribution in [1.82, 2.24) is 4.31 Å². The number of nitrogens with zero attached hydrogens (tertiary/aromatic N) is 1. The molecule has 7 heteroatoms. The second kappa shape index (κ2) is 7.34. The standard InChI is InChI=1S/C21H30N2O4S/c1-15-6-9-19(27-2)18(12-15)22-20(24)17-13-23(28(25,26)16-7-8-16)14-21(17)10-4-3-5-11-21/h6,9,12,16-17H,3-5,7-8,10-11,13-14H2,1-2H3,(H,22,24). The van der Waals surface area contributed by atoms with Crippen LogP contribution in [-0.2, 0) is 14.8 Å². The monoisotopic (exact) mass is 406 g/mol. The van der Waals surface area contributed by atoms with Crippen LogP contribution in [-0.4, -0.2) is 44.1 Å². The molecule has 1 amide bonds. The van der Waals surface area contributed by atoms with Gasteiger partial charge in [-0.3, -0.25) is 4.79 Å². The Labute approximate surface area is 167 Å². The molecule has 1 atom stereocenters. The molecular weight excluding hydrogens is 376 g/mol. The minimum atomic E-state index is -3.27. The summed E-state index contributed by atoms with van der Waals surface area (Å²) < 4.78 is 32.7. The molecule has 1 heterocycles. The first-order chi connectivity index (χ1) is 13.4. The zero-order chi connectivity index (χ0) is 19.9. The Morgan fingerprint density at radius 1 is 1.21 bits per heavy atom. The van der Waals surface area contributed by atoms with E-state index in [1.54, 1.807) is 11.4 Å². The van der Waals surface area contributed by atoms with E-state index < -0.39 is 10.0 Å². The Morgan fingerprint density at radius 2 is 1.93 bits per heavy atom. The molecule has 3 fully saturated rings. The van der Waals surface area contributed by atoms with Crippen molar-refractivity contribution in [2.45, 2.75) is 57.1 Å². The van der Waals surface area contributed by atoms with E-state index in [9.17, 15) is 13.2 Å². The lowest BCUT2D eigenvalue weighted by Gasteiger charge is -2.37. The number of ether oxygens (including phenoxy) is 1. The average molecular weight is 407 g/mol. The van der Waals surface area contributed by atoms with Crippen LogP contribution in [0.5, 0.6) is 5.75 Å². The van der Waals surface area contributed by atoms with E-state index in [1.807, 2.05) is 25.1 Å². The number of aryl methyl sites for hydroxylation is 1. The lowest BCUT2D eigenvalue weighted by molar-refractivity contribution is -0.123. The molecule has 0 bridgehead atoms. The number of anilines is 1. The van der Waals surface area contributed by atoms with Crippen molar-refractivity contribution >= 4 is 21.6 Å². The third kappa shape index (κ3) is 3.54. The maximum absolute atomic E-state index is 13.3. The fourth-order valence-corrected chi connectivity index (χ4v) is 6.90. The van der Waals surface area contributed by atoms with Crippen LogP contribution in [0.1, 0.15) is 50.5 Å². The topological polar surface area (TPSA) is 75.7 Å². The highest BCUT2D eigenvalue weighted by Crippen LogP contribution is 2.50. The zero-order valence-corrected chi connectivity index (χ0v) is 17.6. The van der Waals surface area contributed by atoms with Gasteiger partial charge in [-0.05, 0) is 55.7 Å². The van der Waals surface area contributed by atoms with Gasteiger partial charge in [-0.15, -0.1) is 0 Å². The van der Waals surface area contributed by atoms with Crippen LogP contribution in [0.2, 0.25) is 0 Å². The minimum absolute atomic E-state index is 0.0840. The number of carbonyl (C=O) groups excluding carboxylic acids is 1. The van der Waals surface area contributed by atoms with Gasteiger partial charge in [0.1, 0.15) is 5.75 Å². The summed E-state index contributed by atoms with van der Waals surface area (Å²) in [6.07, 6.45) is 6.65. The Kier molecular flexibility index (Phi) is 5.16. The third-order valence-corrected chi connectivity index (χ3v) is 9.01. The lowest BCUT2D eigenvalue weighted by atomic mass is 9.67. The number of carbonyl (C=O) groups is 1. The highest BCUT2D eigenvalue weighted by molar-refractivity contribution is 7.90. The van der Waals surface area contributed by atoms with Crippen molar-refractivity contribution in [3.05, 3.63) is 23.8 Å². The number of rotatable bonds is 5. The Bertz CT molecular complexity index is 857. The van der Waals surface area contributed by atoms with E-state index in [1.165, 1.54) is 0 Å². The van der Waals surface area contributed by atoms with Gasteiger partial charge in [0.25, 0.3) is 0 Å². The van der Waals surface area contributed by atoms with Gasteiger partial charge in [-0.25, -0.2) is 12.7 Å². The smallest absolute Gasteiger partial charge is 0.229 e. The fraction of sp³-hybridized carbons (Fsp3) is 0.667. The summed E-state index contributed by atoms with van der Waals surface area (Å²) in [7, 11) is -1.69. The number of benzene rings is 1. The molecule has 2 saturated carbocycles. The van der Waals surface area contributed by atoms with E-state index in [4.69, 9.17) is 4.74 Å². The number of amides is 1. The Balaban J connectivity index is 1.60. The molecule has 0 aromatic heterocycles. The van der Waals surface area contributed by atoms with Gasteiger partial charge in [0, 0.05) is 13.1 Å². The van der Waals surface area contributed by atoms with Gasteiger partial charge in [0.05, 0.1) is 24.0 Å². The molecule has 1 unspecified atom stereocenters. The van der Waals surface area contributed by atoms with E-state index in [2.05, 4.69) is 5.32 Å². The number of hydrogen-bond donors (Lipinski definition) is 1. The molecule has 1 N–H and O–H groups in total. The van der Waals surface area contributed by atoms with Crippen LogP contribution >= 0.6 is 0 Å². The number of nitrogens with one attached hydrogen (secondary N) is 1.